The van der Waals surface area contributed by atoms with E-state index in [0.29, 0.717) is 29.2 Å². The largest absolute Gasteiger partial charge is 0.348 e. The molecule has 0 fully saturated rings. The van der Waals surface area contributed by atoms with Crippen LogP contribution in [0, 0.1) is 5.82 Å². The van der Waals surface area contributed by atoms with Crippen molar-refractivity contribution in [1.29, 1.82) is 0 Å². The molecule has 0 radical (unpaired) electrons. The molecule has 1 unspecified atom stereocenters. The lowest BCUT2D eigenvalue weighted by atomic mass is 9.98. The minimum Gasteiger partial charge on any atom is -0.348 e. The highest BCUT2D eigenvalue weighted by Gasteiger charge is 2.34. The number of halogens is 3. The van der Waals surface area contributed by atoms with E-state index in [1.54, 1.807) is 41.3 Å². The quantitative estimate of drug-likeness (QED) is 0.593. The van der Waals surface area contributed by atoms with Gasteiger partial charge < -0.3 is 9.47 Å². The van der Waals surface area contributed by atoms with Crippen LogP contribution >= 0.6 is 23.2 Å². The van der Waals surface area contributed by atoms with E-state index in [1.807, 2.05) is 22.9 Å². The molecule has 1 aromatic heterocycles. The summed E-state index contributed by atoms with van der Waals surface area (Å²) in [6.07, 6.45) is 1.94. The Morgan fingerprint density at radius 3 is 2.62 bits per heavy atom. The van der Waals surface area contributed by atoms with Crippen LogP contribution in [0.15, 0.2) is 60.8 Å². The summed E-state index contributed by atoms with van der Waals surface area (Å²) in [4.78, 5) is 14.9. The molecule has 0 aliphatic carbocycles. The van der Waals surface area contributed by atoms with Gasteiger partial charge >= 0.3 is 0 Å². The minimum atomic E-state index is -0.515. The highest BCUT2D eigenvalue weighted by Crippen LogP contribution is 2.35. The molecule has 0 saturated carbocycles. The molecule has 1 aliphatic heterocycles. The summed E-state index contributed by atoms with van der Waals surface area (Å²) < 4.78 is 16.6. The zero-order valence-electron chi connectivity index (χ0n) is 13.7. The standard InChI is InChI=1S/C20H15Cl2FN2O/c21-13-7-8-14(16(22)12-13)20(26)25-11-10-24-9-3-6-18(24)19(25)15-4-1-2-5-17(15)23/h1-9,12,19H,10-11H2. The second-order valence-corrected chi connectivity index (χ2v) is 7.02. The number of fused-ring (bicyclic) bond motifs is 1. The number of amides is 1. The van der Waals surface area contributed by atoms with Crippen molar-refractivity contribution < 1.29 is 9.18 Å². The Hall–Kier alpha value is -2.30. The lowest BCUT2D eigenvalue weighted by Crippen LogP contribution is -2.42. The molecule has 1 amide bonds. The molecule has 0 spiro atoms. The molecule has 6 heteroatoms. The maximum Gasteiger partial charge on any atom is 0.256 e. The first-order valence-corrected chi connectivity index (χ1v) is 8.97. The Balaban J connectivity index is 1.82. The van der Waals surface area contributed by atoms with E-state index in [2.05, 4.69) is 0 Å². The van der Waals surface area contributed by atoms with Gasteiger partial charge in [0.25, 0.3) is 5.91 Å². The molecular formula is C20H15Cl2FN2O. The molecule has 0 saturated heterocycles. The van der Waals surface area contributed by atoms with Gasteiger partial charge in [0, 0.05) is 35.6 Å². The molecule has 2 aromatic carbocycles. The average Bonchev–Trinajstić information content (AvgIpc) is 3.10. The Kier molecular flexibility index (Phi) is 4.47. The van der Waals surface area contributed by atoms with Crippen molar-refractivity contribution in [3.05, 3.63) is 93.5 Å². The van der Waals surface area contributed by atoms with Crippen molar-refractivity contribution in [2.24, 2.45) is 0 Å². The first kappa shape index (κ1) is 17.1. The number of carbonyl (C=O) groups is 1. The fraction of sp³-hybridized carbons (Fsp3) is 0.150. The molecule has 0 bridgehead atoms. The van der Waals surface area contributed by atoms with Crippen LogP contribution in [0.1, 0.15) is 27.7 Å². The molecule has 1 atom stereocenters. The van der Waals surface area contributed by atoms with Crippen molar-refractivity contribution in [2.45, 2.75) is 12.6 Å². The predicted molar refractivity (Wildman–Crippen MR) is 100 cm³/mol. The molecule has 26 heavy (non-hydrogen) atoms. The Bertz CT molecular complexity index is 985. The summed E-state index contributed by atoms with van der Waals surface area (Å²) >= 11 is 12.2. The zero-order valence-corrected chi connectivity index (χ0v) is 15.2. The smallest absolute Gasteiger partial charge is 0.256 e. The van der Waals surface area contributed by atoms with Gasteiger partial charge in [-0.1, -0.05) is 41.4 Å². The molecule has 1 aliphatic rings. The normalized spacial score (nSPS) is 16.4. The van der Waals surface area contributed by atoms with Gasteiger partial charge in [0.2, 0.25) is 0 Å². The maximum absolute atomic E-state index is 14.6. The number of benzene rings is 2. The van der Waals surface area contributed by atoms with Crippen molar-refractivity contribution in [2.75, 3.05) is 6.54 Å². The Labute approximate surface area is 160 Å². The monoisotopic (exact) mass is 388 g/mol. The summed E-state index contributed by atoms with van der Waals surface area (Å²) in [6, 6.07) is 14.6. The van der Waals surface area contributed by atoms with Crippen LogP contribution in [-0.4, -0.2) is 21.9 Å². The van der Waals surface area contributed by atoms with Crippen LogP contribution in [0.5, 0.6) is 0 Å². The molecule has 0 N–H and O–H groups in total. The second-order valence-electron chi connectivity index (χ2n) is 6.17. The van der Waals surface area contributed by atoms with Gasteiger partial charge in [-0.25, -0.2) is 4.39 Å². The summed E-state index contributed by atoms with van der Waals surface area (Å²) in [5.41, 5.74) is 1.70. The summed E-state index contributed by atoms with van der Waals surface area (Å²) in [6.45, 7) is 1.10. The number of hydrogen-bond donors (Lipinski definition) is 0. The van der Waals surface area contributed by atoms with Crippen LogP contribution < -0.4 is 0 Å². The van der Waals surface area contributed by atoms with Crippen LogP contribution in [0.25, 0.3) is 0 Å². The highest BCUT2D eigenvalue weighted by atomic mass is 35.5. The van der Waals surface area contributed by atoms with Gasteiger partial charge in [-0.2, -0.15) is 0 Å². The number of hydrogen-bond acceptors (Lipinski definition) is 1. The molecule has 3 aromatic rings. The van der Waals surface area contributed by atoms with Crippen molar-refractivity contribution >= 4 is 29.1 Å². The molecule has 2 heterocycles. The third-order valence-electron chi connectivity index (χ3n) is 4.66. The van der Waals surface area contributed by atoms with Gasteiger partial charge in [0.1, 0.15) is 11.9 Å². The van der Waals surface area contributed by atoms with Crippen LogP contribution in [0.3, 0.4) is 0 Å². The number of aromatic nitrogens is 1. The Morgan fingerprint density at radius 1 is 1.04 bits per heavy atom. The van der Waals surface area contributed by atoms with E-state index < -0.39 is 6.04 Å². The molecule has 4 rings (SSSR count). The van der Waals surface area contributed by atoms with E-state index in [0.717, 1.165) is 5.69 Å². The lowest BCUT2D eigenvalue weighted by Gasteiger charge is -2.37. The molecular weight excluding hydrogens is 374 g/mol. The van der Waals surface area contributed by atoms with Crippen LogP contribution in [-0.2, 0) is 6.54 Å². The van der Waals surface area contributed by atoms with E-state index in [4.69, 9.17) is 23.2 Å². The number of carbonyl (C=O) groups excluding carboxylic acids is 1. The van der Waals surface area contributed by atoms with Gasteiger partial charge in [0.15, 0.2) is 0 Å². The van der Waals surface area contributed by atoms with Crippen molar-refractivity contribution in [3.8, 4) is 0 Å². The van der Waals surface area contributed by atoms with Gasteiger partial charge in [-0.15, -0.1) is 0 Å². The summed E-state index contributed by atoms with van der Waals surface area (Å²) in [5, 5.41) is 0.750. The van der Waals surface area contributed by atoms with Gasteiger partial charge in [0.05, 0.1) is 10.6 Å². The first-order valence-electron chi connectivity index (χ1n) is 8.22. The van der Waals surface area contributed by atoms with E-state index in [1.165, 1.54) is 6.07 Å². The van der Waals surface area contributed by atoms with Gasteiger partial charge in [-0.05, 0) is 36.4 Å². The molecule has 3 nitrogen and oxygen atoms in total. The maximum atomic E-state index is 14.6. The topological polar surface area (TPSA) is 25.2 Å². The summed E-state index contributed by atoms with van der Waals surface area (Å²) in [7, 11) is 0. The summed E-state index contributed by atoms with van der Waals surface area (Å²) in [5.74, 6) is -0.584. The average molecular weight is 389 g/mol. The lowest BCUT2D eigenvalue weighted by molar-refractivity contribution is 0.0661. The van der Waals surface area contributed by atoms with E-state index >= 15 is 0 Å². The van der Waals surface area contributed by atoms with E-state index in [9.17, 15) is 9.18 Å². The first-order chi connectivity index (χ1) is 12.6. The fourth-order valence-electron chi connectivity index (χ4n) is 3.44. The van der Waals surface area contributed by atoms with Gasteiger partial charge in [-0.3, -0.25) is 4.79 Å². The number of nitrogens with zero attached hydrogens (tertiary/aromatic N) is 2. The minimum absolute atomic E-state index is 0.243. The Morgan fingerprint density at radius 2 is 1.85 bits per heavy atom. The van der Waals surface area contributed by atoms with E-state index in [-0.39, 0.29) is 16.7 Å². The molecule has 132 valence electrons. The van der Waals surface area contributed by atoms with Crippen LogP contribution in [0.2, 0.25) is 10.0 Å². The highest BCUT2D eigenvalue weighted by molar-refractivity contribution is 6.36. The third-order valence-corrected chi connectivity index (χ3v) is 5.21. The number of rotatable bonds is 2. The van der Waals surface area contributed by atoms with Crippen molar-refractivity contribution in [3.63, 3.8) is 0 Å². The fourth-order valence-corrected chi connectivity index (χ4v) is 3.93. The SMILES string of the molecule is O=C(c1ccc(Cl)cc1Cl)N1CCn2cccc2C1c1ccccc1F. The zero-order chi connectivity index (χ0) is 18.3. The third kappa shape index (κ3) is 2.89. The second kappa shape index (κ2) is 6.78. The van der Waals surface area contributed by atoms with Crippen LogP contribution in [0.4, 0.5) is 4.39 Å². The van der Waals surface area contributed by atoms with Crippen molar-refractivity contribution in [1.82, 2.24) is 9.47 Å². The predicted octanol–water partition coefficient (Wildman–Crippen LogP) is 5.18.